The van der Waals surface area contributed by atoms with Gasteiger partial charge in [-0.1, -0.05) is 41.4 Å². The summed E-state index contributed by atoms with van der Waals surface area (Å²) in [5, 5.41) is 6.02. The van der Waals surface area contributed by atoms with Crippen LogP contribution >= 0.6 is 11.6 Å². The van der Waals surface area contributed by atoms with E-state index < -0.39 is 0 Å². The van der Waals surface area contributed by atoms with Crippen LogP contribution in [0.2, 0.25) is 5.02 Å². The van der Waals surface area contributed by atoms with Crippen molar-refractivity contribution >= 4 is 34.8 Å². The van der Waals surface area contributed by atoms with E-state index in [0.717, 1.165) is 5.56 Å². The summed E-state index contributed by atoms with van der Waals surface area (Å²) < 4.78 is 5.46. The molecule has 0 bridgehead atoms. The molecule has 0 aliphatic rings. The fourth-order valence-electron chi connectivity index (χ4n) is 2.49. The normalized spacial score (nSPS) is 10.2. The third kappa shape index (κ3) is 5.59. The molecule has 5 nitrogen and oxygen atoms in total. The molecule has 2 N–H and O–H groups in total. The Labute approximate surface area is 168 Å². The summed E-state index contributed by atoms with van der Waals surface area (Å²) in [5.74, 6) is 0.0517. The highest BCUT2D eigenvalue weighted by atomic mass is 35.5. The molecule has 0 atom stereocenters. The van der Waals surface area contributed by atoms with E-state index in [1.807, 2.05) is 31.2 Å². The van der Waals surface area contributed by atoms with Gasteiger partial charge in [0.15, 0.2) is 6.61 Å². The molecule has 28 heavy (non-hydrogen) atoms. The Balaban J connectivity index is 1.57. The summed E-state index contributed by atoms with van der Waals surface area (Å²) in [4.78, 5) is 24.4. The maximum absolute atomic E-state index is 12.3. The van der Waals surface area contributed by atoms with Crippen molar-refractivity contribution in [1.29, 1.82) is 0 Å². The zero-order valence-corrected chi connectivity index (χ0v) is 16.0. The second-order valence-electron chi connectivity index (χ2n) is 6.20. The summed E-state index contributed by atoms with van der Waals surface area (Å²) in [7, 11) is 0. The van der Waals surface area contributed by atoms with E-state index >= 15 is 0 Å². The second-order valence-corrected chi connectivity index (χ2v) is 6.63. The van der Waals surface area contributed by atoms with Crippen molar-refractivity contribution in [3.63, 3.8) is 0 Å². The summed E-state index contributed by atoms with van der Waals surface area (Å²) in [6.07, 6.45) is 0. The lowest BCUT2D eigenvalue weighted by Gasteiger charge is -2.10. The molecular formula is C22H19ClN2O3. The van der Waals surface area contributed by atoms with Crippen LogP contribution < -0.4 is 15.4 Å². The van der Waals surface area contributed by atoms with Gasteiger partial charge in [-0.15, -0.1) is 0 Å². The van der Waals surface area contributed by atoms with Gasteiger partial charge in [0.2, 0.25) is 0 Å². The quantitative estimate of drug-likeness (QED) is 0.623. The van der Waals surface area contributed by atoms with Crippen molar-refractivity contribution in [3.8, 4) is 5.75 Å². The molecule has 0 spiro atoms. The minimum absolute atomic E-state index is 0.109. The highest BCUT2D eigenvalue weighted by Crippen LogP contribution is 2.18. The van der Waals surface area contributed by atoms with Crippen LogP contribution in [0.1, 0.15) is 15.9 Å². The van der Waals surface area contributed by atoms with E-state index in [1.54, 1.807) is 48.5 Å². The van der Waals surface area contributed by atoms with Crippen molar-refractivity contribution in [2.24, 2.45) is 0 Å². The Morgan fingerprint density at radius 3 is 2.29 bits per heavy atom. The average Bonchev–Trinajstić information content (AvgIpc) is 2.68. The molecule has 0 heterocycles. The monoisotopic (exact) mass is 394 g/mol. The standard InChI is InChI=1S/C22H19ClN2O3/c1-15-8-10-20(11-9-15)28-14-21(26)24-18-6-3-7-19(13-18)25-22(27)16-4-2-5-17(23)12-16/h2-13H,14H2,1H3,(H,24,26)(H,25,27). The zero-order chi connectivity index (χ0) is 19.9. The lowest BCUT2D eigenvalue weighted by molar-refractivity contribution is -0.118. The maximum Gasteiger partial charge on any atom is 0.262 e. The Morgan fingerprint density at radius 2 is 1.57 bits per heavy atom. The van der Waals surface area contributed by atoms with Crippen molar-refractivity contribution in [2.45, 2.75) is 6.92 Å². The number of hydrogen-bond acceptors (Lipinski definition) is 3. The van der Waals surface area contributed by atoms with Gasteiger partial charge in [0, 0.05) is 22.0 Å². The number of halogens is 1. The fraction of sp³-hybridized carbons (Fsp3) is 0.0909. The first-order chi connectivity index (χ1) is 13.5. The van der Waals surface area contributed by atoms with Crippen LogP contribution in [-0.2, 0) is 4.79 Å². The molecule has 0 aliphatic heterocycles. The summed E-state index contributed by atoms with van der Waals surface area (Å²) >= 11 is 5.92. The summed E-state index contributed by atoms with van der Waals surface area (Å²) in [5.41, 5.74) is 2.69. The number of ether oxygens (including phenoxy) is 1. The van der Waals surface area contributed by atoms with Gasteiger partial charge in [0.1, 0.15) is 5.75 Å². The van der Waals surface area contributed by atoms with Gasteiger partial charge in [-0.2, -0.15) is 0 Å². The van der Waals surface area contributed by atoms with Gasteiger partial charge in [0.05, 0.1) is 0 Å². The number of carbonyl (C=O) groups is 2. The Hall–Kier alpha value is -3.31. The van der Waals surface area contributed by atoms with Gasteiger partial charge in [-0.3, -0.25) is 9.59 Å². The van der Waals surface area contributed by atoms with Gasteiger partial charge in [-0.05, 0) is 55.5 Å². The molecule has 0 saturated carbocycles. The zero-order valence-electron chi connectivity index (χ0n) is 15.2. The van der Waals surface area contributed by atoms with Crippen molar-refractivity contribution in [1.82, 2.24) is 0 Å². The predicted molar refractivity (Wildman–Crippen MR) is 111 cm³/mol. The van der Waals surface area contributed by atoms with E-state index in [2.05, 4.69) is 10.6 Å². The minimum Gasteiger partial charge on any atom is -0.484 e. The number of carbonyl (C=O) groups excluding carboxylic acids is 2. The third-order valence-corrected chi connectivity index (χ3v) is 4.12. The molecule has 6 heteroatoms. The van der Waals surface area contributed by atoms with Gasteiger partial charge < -0.3 is 15.4 Å². The number of aryl methyl sites for hydroxylation is 1. The van der Waals surface area contributed by atoms with Gasteiger partial charge in [-0.25, -0.2) is 0 Å². The molecule has 2 amide bonds. The lowest BCUT2D eigenvalue weighted by Crippen LogP contribution is -2.20. The Kier molecular flexibility index (Phi) is 6.29. The average molecular weight is 395 g/mol. The first-order valence-electron chi connectivity index (χ1n) is 8.66. The fourth-order valence-corrected chi connectivity index (χ4v) is 2.68. The molecule has 0 unspecified atom stereocenters. The van der Waals surface area contributed by atoms with Gasteiger partial charge >= 0.3 is 0 Å². The molecule has 3 aromatic carbocycles. The number of hydrogen-bond donors (Lipinski definition) is 2. The first kappa shape index (κ1) is 19.5. The number of anilines is 2. The Morgan fingerprint density at radius 1 is 0.893 bits per heavy atom. The molecule has 0 aliphatic carbocycles. The molecule has 0 saturated heterocycles. The maximum atomic E-state index is 12.3. The SMILES string of the molecule is Cc1ccc(OCC(=O)Nc2cccc(NC(=O)c3cccc(Cl)c3)c2)cc1. The first-order valence-corrected chi connectivity index (χ1v) is 9.04. The highest BCUT2D eigenvalue weighted by Gasteiger charge is 2.08. The van der Waals surface area contributed by atoms with E-state index in [-0.39, 0.29) is 18.4 Å². The topological polar surface area (TPSA) is 67.4 Å². The second kappa shape index (κ2) is 9.06. The summed E-state index contributed by atoms with van der Waals surface area (Å²) in [6.45, 7) is 1.87. The van der Waals surface area contributed by atoms with Crippen LogP contribution in [0.3, 0.4) is 0 Å². The highest BCUT2D eigenvalue weighted by molar-refractivity contribution is 6.31. The molecule has 0 aromatic heterocycles. The van der Waals surface area contributed by atoms with E-state index in [9.17, 15) is 9.59 Å². The number of nitrogens with one attached hydrogen (secondary N) is 2. The van der Waals surface area contributed by atoms with Crippen LogP contribution in [0, 0.1) is 6.92 Å². The van der Waals surface area contributed by atoms with Crippen LogP contribution in [0.25, 0.3) is 0 Å². The van der Waals surface area contributed by atoms with E-state index in [4.69, 9.17) is 16.3 Å². The van der Waals surface area contributed by atoms with Crippen LogP contribution in [-0.4, -0.2) is 18.4 Å². The predicted octanol–water partition coefficient (Wildman–Crippen LogP) is 4.92. The lowest BCUT2D eigenvalue weighted by atomic mass is 10.2. The van der Waals surface area contributed by atoms with Crippen molar-refractivity contribution < 1.29 is 14.3 Å². The van der Waals surface area contributed by atoms with E-state index in [0.29, 0.717) is 27.7 Å². The number of rotatable bonds is 6. The smallest absolute Gasteiger partial charge is 0.262 e. The van der Waals surface area contributed by atoms with Crippen LogP contribution in [0.15, 0.2) is 72.8 Å². The largest absolute Gasteiger partial charge is 0.484 e. The Bertz CT molecular complexity index is 987. The summed E-state index contributed by atoms with van der Waals surface area (Å²) in [6, 6.07) is 21.0. The van der Waals surface area contributed by atoms with Crippen molar-refractivity contribution in [2.75, 3.05) is 17.2 Å². The minimum atomic E-state index is -0.293. The molecule has 3 aromatic rings. The number of benzene rings is 3. The number of amides is 2. The molecule has 3 rings (SSSR count). The molecule has 0 radical (unpaired) electrons. The van der Waals surface area contributed by atoms with Crippen molar-refractivity contribution in [3.05, 3.63) is 88.9 Å². The molecule has 0 fully saturated rings. The molecular weight excluding hydrogens is 376 g/mol. The van der Waals surface area contributed by atoms with Crippen LogP contribution in [0.4, 0.5) is 11.4 Å². The van der Waals surface area contributed by atoms with E-state index in [1.165, 1.54) is 0 Å². The molecule has 142 valence electrons. The third-order valence-electron chi connectivity index (χ3n) is 3.88. The van der Waals surface area contributed by atoms with Crippen LogP contribution in [0.5, 0.6) is 5.75 Å². The van der Waals surface area contributed by atoms with Gasteiger partial charge in [0.25, 0.3) is 11.8 Å².